The highest BCUT2D eigenvalue weighted by atomic mass is 15.1. The highest BCUT2D eigenvalue weighted by Crippen LogP contribution is 2.31. The molecule has 0 bridgehead atoms. The first kappa shape index (κ1) is 8.37. The molecule has 0 aromatic carbocycles. The van der Waals surface area contributed by atoms with Gasteiger partial charge in [-0.1, -0.05) is 12.2 Å². The van der Waals surface area contributed by atoms with Crippen LogP contribution in [0.1, 0.15) is 19.3 Å². The van der Waals surface area contributed by atoms with Gasteiger partial charge in [-0.05, 0) is 25.3 Å². The molecule has 2 rings (SSSR count). The standard InChI is InChI=1S/C11H14N2/c12-7-9-13-8-3-5-10-4-1-2-6-11(10)13/h1-2,6,10H,3-5,8-9H2. The Morgan fingerprint density at radius 1 is 1.62 bits per heavy atom. The Bertz CT molecular complexity index is 283. The number of nitriles is 1. The van der Waals surface area contributed by atoms with Crippen LogP contribution in [-0.4, -0.2) is 18.0 Å². The van der Waals surface area contributed by atoms with Crippen LogP contribution >= 0.6 is 0 Å². The van der Waals surface area contributed by atoms with Gasteiger partial charge in [0, 0.05) is 18.2 Å². The first-order valence-corrected chi connectivity index (χ1v) is 4.90. The molecule has 1 saturated heterocycles. The van der Waals surface area contributed by atoms with Crippen LogP contribution in [0.4, 0.5) is 0 Å². The van der Waals surface area contributed by atoms with E-state index in [1.54, 1.807) is 0 Å². The average Bonchev–Trinajstić information content (AvgIpc) is 2.19. The minimum atomic E-state index is 0.552. The zero-order chi connectivity index (χ0) is 9.10. The molecule has 2 nitrogen and oxygen atoms in total. The third-order valence-electron chi connectivity index (χ3n) is 2.85. The van der Waals surface area contributed by atoms with Crippen molar-refractivity contribution in [3.63, 3.8) is 0 Å². The van der Waals surface area contributed by atoms with Gasteiger partial charge < -0.3 is 4.90 Å². The van der Waals surface area contributed by atoms with Gasteiger partial charge in [0.25, 0.3) is 0 Å². The predicted molar refractivity (Wildman–Crippen MR) is 51.8 cm³/mol. The molecule has 68 valence electrons. The van der Waals surface area contributed by atoms with Crippen LogP contribution in [0.25, 0.3) is 0 Å². The summed E-state index contributed by atoms with van der Waals surface area (Å²) in [6, 6.07) is 2.23. The summed E-state index contributed by atoms with van der Waals surface area (Å²) in [6.45, 7) is 1.61. The molecule has 1 fully saturated rings. The van der Waals surface area contributed by atoms with E-state index >= 15 is 0 Å². The third-order valence-corrected chi connectivity index (χ3v) is 2.85. The van der Waals surface area contributed by atoms with Gasteiger partial charge in [0.2, 0.25) is 0 Å². The molecule has 0 aromatic rings. The van der Waals surface area contributed by atoms with E-state index in [0.717, 1.165) is 13.0 Å². The summed E-state index contributed by atoms with van der Waals surface area (Å²) in [7, 11) is 0. The molecule has 2 heteroatoms. The Kier molecular flexibility index (Phi) is 2.35. The Hall–Kier alpha value is -1.23. The Morgan fingerprint density at radius 2 is 2.54 bits per heavy atom. The molecule has 1 heterocycles. The molecule has 1 atom stereocenters. The van der Waals surface area contributed by atoms with E-state index in [1.165, 1.54) is 18.5 Å². The smallest absolute Gasteiger partial charge is 0.105 e. The van der Waals surface area contributed by atoms with Crippen molar-refractivity contribution < 1.29 is 0 Å². The largest absolute Gasteiger partial charge is 0.361 e. The van der Waals surface area contributed by atoms with Crippen LogP contribution in [0.3, 0.4) is 0 Å². The molecule has 1 aliphatic carbocycles. The van der Waals surface area contributed by atoms with Crippen LogP contribution in [-0.2, 0) is 0 Å². The van der Waals surface area contributed by atoms with E-state index in [0.29, 0.717) is 12.5 Å². The first-order valence-electron chi connectivity index (χ1n) is 4.90. The average molecular weight is 174 g/mol. The van der Waals surface area contributed by atoms with Crippen molar-refractivity contribution in [3.05, 3.63) is 23.9 Å². The van der Waals surface area contributed by atoms with Crippen LogP contribution < -0.4 is 0 Å². The zero-order valence-corrected chi connectivity index (χ0v) is 7.74. The van der Waals surface area contributed by atoms with Crippen molar-refractivity contribution in [1.29, 1.82) is 5.26 Å². The van der Waals surface area contributed by atoms with E-state index < -0.39 is 0 Å². The highest BCUT2D eigenvalue weighted by molar-refractivity contribution is 5.22. The lowest BCUT2D eigenvalue weighted by atomic mass is 9.88. The van der Waals surface area contributed by atoms with Gasteiger partial charge in [-0.3, -0.25) is 0 Å². The molecule has 0 spiro atoms. The van der Waals surface area contributed by atoms with E-state index in [9.17, 15) is 0 Å². The van der Waals surface area contributed by atoms with E-state index in [2.05, 4.69) is 29.2 Å². The minimum Gasteiger partial charge on any atom is -0.361 e. The summed E-state index contributed by atoms with van der Waals surface area (Å²) in [4.78, 5) is 2.22. The maximum atomic E-state index is 8.67. The second kappa shape index (κ2) is 3.66. The van der Waals surface area contributed by atoms with Gasteiger partial charge in [0.05, 0.1) is 6.07 Å². The molecule has 0 amide bonds. The Labute approximate surface area is 79.2 Å². The fraction of sp³-hybridized carbons (Fsp3) is 0.545. The number of rotatable bonds is 1. The number of hydrogen-bond acceptors (Lipinski definition) is 2. The summed E-state index contributed by atoms with van der Waals surface area (Å²) < 4.78 is 0. The van der Waals surface area contributed by atoms with Gasteiger partial charge >= 0.3 is 0 Å². The second-order valence-corrected chi connectivity index (χ2v) is 3.67. The van der Waals surface area contributed by atoms with Crippen LogP contribution in [0.2, 0.25) is 0 Å². The number of likely N-dealkylation sites (tertiary alicyclic amines) is 1. The topological polar surface area (TPSA) is 27.0 Å². The summed E-state index contributed by atoms with van der Waals surface area (Å²) in [6.07, 6.45) is 10.2. The van der Waals surface area contributed by atoms with Gasteiger partial charge in [0.15, 0.2) is 0 Å². The normalized spacial score (nSPS) is 26.2. The number of hydrogen-bond donors (Lipinski definition) is 0. The molecule has 13 heavy (non-hydrogen) atoms. The molecule has 0 radical (unpaired) electrons. The van der Waals surface area contributed by atoms with Crippen LogP contribution in [0, 0.1) is 17.2 Å². The summed E-state index contributed by atoms with van der Waals surface area (Å²) in [5, 5.41) is 8.67. The molecule has 1 unspecified atom stereocenters. The second-order valence-electron chi connectivity index (χ2n) is 3.67. The molecule has 0 aromatic heterocycles. The highest BCUT2D eigenvalue weighted by Gasteiger charge is 2.24. The van der Waals surface area contributed by atoms with Crippen molar-refractivity contribution in [1.82, 2.24) is 4.90 Å². The molecule has 2 aliphatic rings. The van der Waals surface area contributed by atoms with Crippen LogP contribution in [0.15, 0.2) is 23.9 Å². The molecule has 1 aliphatic heterocycles. The first-order chi connectivity index (χ1) is 6.42. The van der Waals surface area contributed by atoms with Gasteiger partial charge in [-0.25, -0.2) is 0 Å². The Balaban J connectivity index is 2.15. The summed E-state index contributed by atoms with van der Waals surface area (Å²) in [5.74, 6) is 0.687. The number of allylic oxidation sites excluding steroid dienone is 4. The molecular weight excluding hydrogens is 160 g/mol. The maximum Gasteiger partial charge on any atom is 0.105 e. The maximum absolute atomic E-state index is 8.67. The van der Waals surface area contributed by atoms with Gasteiger partial charge in [0.1, 0.15) is 6.54 Å². The van der Waals surface area contributed by atoms with Crippen molar-refractivity contribution in [2.24, 2.45) is 5.92 Å². The van der Waals surface area contributed by atoms with Gasteiger partial charge in [-0.15, -0.1) is 0 Å². The van der Waals surface area contributed by atoms with Crippen molar-refractivity contribution >= 4 is 0 Å². The molecule has 0 N–H and O–H groups in total. The lowest BCUT2D eigenvalue weighted by Crippen LogP contribution is -2.34. The van der Waals surface area contributed by atoms with Crippen molar-refractivity contribution in [3.8, 4) is 6.07 Å². The van der Waals surface area contributed by atoms with Crippen molar-refractivity contribution in [2.75, 3.05) is 13.1 Å². The van der Waals surface area contributed by atoms with E-state index in [1.807, 2.05) is 0 Å². The van der Waals surface area contributed by atoms with Gasteiger partial charge in [-0.2, -0.15) is 5.26 Å². The quantitative estimate of drug-likeness (QED) is 0.569. The van der Waals surface area contributed by atoms with E-state index in [4.69, 9.17) is 5.26 Å². The lowest BCUT2D eigenvalue weighted by molar-refractivity contribution is 0.261. The zero-order valence-electron chi connectivity index (χ0n) is 7.74. The molecular formula is C11H14N2. The summed E-state index contributed by atoms with van der Waals surface area (Å²) >= 11 is 0. The van der Waals surface area contributed by atoms with E-state index in [-0.39, 0.29) is 0 Å². The number of fused-ring (bicyclic) bond motifs is 1. The predicted octanol–water partition coefficient (Wildman–Crippen LogP) is 2.07. The fourth-order valence-corrected chi connectivity index (χ4v) is 2.21. The SMILES string of the molecule is N#CCN1CCCC2CC=CC=C21. The molecule has 0 saturated carbocycles. The summed E-state index contributed by atoms with van der Waals surface area (Å²) in [5.41, 5.74) is 1.38. The minimum absolute atomic E-state index is 0.552. The van der Waals surface area contributed by atoms with Crippen molar-refractivity contribution in [2.45, 2.75) is 19.3 Å². The Morgan fingerprint density at radius 3 is 3.38 bits per heavy atom. The fourth-order valence-electron chi connectivity index (χ4n) is 2.21. The van der Waals surface area contributed by atoms with Crippen LogP contribution in [0.5, 0.6) is 0 Å². The number of nitrogens with zero attached hydrogens (tertiary/aromatic N) is 2. The number of piperidine rings is 1. The monoisotopic (exact) mass is 174 g/mol. The third kappa shape index (κ3) is 1.60. The lowest BCUT2D eigenvalue weighted by Gasteiger charge is -2.36.